The zero-order valence-electron chi connectivity index (χ0n) is 14.7. The van der Waals surface area contributed by atoms with Gasteiger partial charge in [-0.1, -0.05) is 24.3 Å². The predicted molar refractivity (Wildman–Crippen MR) is 102 cm³/mol. The summed E-state index contributed by atoms with van der Waals surface area (Å²) in [6, 6.07) is 16.1. The number of nitrogens with zero attached hydrogens (tertiary/aromatic N) is 5. The minimum absolute atomic E-state index is 0.240. The van der Waals surface area contributed by atoms with Crippen molar-refractivity contribution >= 4 is 28.2 Å². The lowest BCUT2D eigenvalue weighted by Crippen LogP contribution is -2.21. The summed E-state index contributed by atoms with van der Waals surface area (Å²) in [5, 5.41) is 5.62. The van der Waals surface area contributed by atoms with E-state index >= 15 is 0 Å². The van der Waals surface area contributed by atoms with Crippen molar-refractivity contribution in [3.63, 3.8) is 0 Å². The summed E-state index contributed by atoms with van der Waals surface area (Å²) in [6.07, 6.45) is 3.33. The Labute approximate surface area is 155 Å². The average Bonchev–Trinajstić information content (AvgIpc) is 3.35. The van der Waals surface area contributed by atoms with Gasteiger partial charge in [0.25, 0.3) is 5.95 Å². The van der Waals surface area contributed by atoms with Crippen LogP contribution < -0.4 is 4.90 Å². The van der Waals surface area contributed by atoms with Crippen molar-refractivity contribution in [3.05, 3.63) is 72.4 Å². The van der Waals surface area contributed by atoms with Crippen LogP contribution in [0.15, 0.2) is 66.9 Å². The summed E-state index contributed by atoms with van der Waals surface area (Å²) in [7, 11) is 0. The number of rotatable bonds is 4. The average molecular weight is 359 g/mol. The monoisotopic (exact) mass is 359 g/mol. The molecule has 1 aliphatic rings. The summed E-state index contributed by atoms with van der Waals surface area (Å²) in [6.45, 7) is 2.78. The number of fused-ring (bicyclic) bond motifs is 3. The first-order valence-corrected chi connectivity index (χ1v) is 8.66. The van der Waals surface area contributed by atoms with E-state index in [4.69, 9.17) is 14.5 Å². The molecule has 0 saturated carbocycles. The van der Waals surface area contributed by atoms with Crippen LogP contribution in [0.4, 0.5) is 11.6 Å². The lowest BCUT2D eigenvalue weighted by molar-refractivity contribution is 0.0800. The number of aromatic nitrogens is 4. The van der Waals surface area contributed by atoms with Crippen LogP contribution in [-0.4, -0.2) is 32.9 Å². The van der Waals surface area contributed by atoms with Gasteiger partial charge in [-0.25, -0.2) is 4.98 Å². The quantitative estimate of drug-likeness (QED) is 0.555. The maximum Gasteiger partial charge on any atom is 0.250 e. The first-order valence-electron chi connectivity index (χ1n) is 8.66. The Kier molecular flexibility index (Phi) is 3.64. The number of hydrogen-bond acceptors (Lipinski definition) is 6. The molecule has 0 aliphatic carbocycles. The summed E-state index contributed by atoms with van der Waals surface area (Å²) in [4.78, 5) is 11.3. The molecule has 2 aromatic heterocycles. The summed E-state index contributed by atoms with van der Waals surface area (Å²) < 4.78 is 12.4. The largest absolute Gasteiger partial charge is 0.462 e. The molecule has 0 radical (unpaired) electrons. The molecule has 5 rings (SSSR count). The van der Waals surface area contributed by atoms with E-state index in [1.165, 1.54) is 0 Å². The van der Waals surface area contributed by atoms with Gasteiger partial charge in [-0.15, -0.1) is 5.10 Å². The molecule has 0 N–H and O–H groups in total. The lowest BCUT2D eigenvalue weighted by atomic mass is 10.2. The van der Waals surface area contributed by atoms with E-state index in [1.54, 1.807) is 17.1 Å². The van der Waals surface area contributed by atoms with Gasteiger partial charge in [-0.05, 0) is 36.8 Å². The third kappa shape index (κ3) is 2.83. The molecule has 134 valence electrons. The Bertz CT molecular complexity index is 1170. The number of benzene rings is 2. The smallest absolute Gasteiger partial charge is 0.250 e. The Balaban J connectivity index is 1.65. The maximum absolute atomic E-state index is 5.52. The van der Waals surface area contributed by atoms with Gasteiger partial charge in [0.05, 0.1) is 12.1 Å². The fourth-order valence-electron chi connectivity index (χ4n) is 3.17. The van der Waals surface area contributed by atoms with Crippen molar-refractivity contribution in [3.8, 4) is 0 Å². The van der Waals surface area contributed by atoms with Crippen LogP contribution in [0.5, 0.6) is 0 Å². The third-order valence-electron chi connectivity index (χ3n) is 4.47. The summed E-state index contributed by atoms with van der Waals surface area (Å²) >= 11 is 0. The highest BCUT2D eigenvalue weighted by molar-refractivity contribution is 5.91. The van der Waals surface area contributed by atoms with E-state index in [0.29, 0.717) is 12.5 Å². The Morgan fingerprint density at radius 1 is 1.15 bits per heavy atom. The van der Waals surface area contributed by atoms with E-state index in [2.05, 4.69) is 29.1 Å². The second-order valence-electron chi connectivity index (χ2n) is 6.38. The standard InChI is InChI=1S/C20H17N5O2/c1-14-5-4-6-15(9-14)24(10-16-11-26-13-27-16)20-22-19-17-7-2-3-8-18(17)21-12-25(19)23-20/h2-9,11-12H,10,13H2,1H3. The molecule has 0 atom stereocenters. The summed E-state index contributed by atoms with van der Waals surface area (Å²) in [5.74, 6) is 1.31. The number of anilines is 2. The molecule has 7 nitrogen and oxygen atoms in total. The first-order chi connectivity index (χ1) is 13.3. The lowest BCUT2D eigenvalue weighted by Gasteiger charge is -2.21. The second-order valence-corrected chi connectivity index (χ2v) is 6.38. The first kappa shape index (κ1) is 15.6. The highest BCUT2D eigenvalue weighted by Gasteiger charge is 2.20. The van der Waals surface area contributed by atoms with Crippen LogP contribution in [0.3, 0.4) is 0 Å². The summed E-state index contributed by atoms with van der Waals surface area (Å²) in [5.41, 5.74) is 3.80. The van der Waals surface area contributed by atoms with Crippen molar-refractivity contribution in [2.75, 3.05) is 18.2 Å². The molecule has 0 saturated heterocycles. The molecule has 0 bridgehead atoms. The molecular formula is C20H17N5O2. The fraction of sp³-hybridized carbons (Fsp3) is 0.150. The van der Waals surface area contributed by atoms with Gasteiger partial charge in [-0.2, -0.15) is 9.50 Å². The number of ether oxygens (including phenoxy) is 2. The van der Waals surface area contributed by atoms with Gasteiger partial charge in [0.1, 0.15) is 12.6 Å². The highest BCUT2D eigenvalue weighted by Crippen LogP contribution is 2.27. The number of hydrogen-bond donors (Lipinski definition) is 0. The van der Waals surface area contributed by atoms with Crippen LogP contribution in [-0.2, 0) is 9.47 Å². The van der Waals surface area contributed by atoms with E-state index in [-0.39, 0.29) is 6.79 Å². The Hall–Kier alpha value is -3.61. The van der Waals surface area contributed by atoms with Gasteiger partial charge >= 0.3 is 0 Å². The molecule has 4 aromatic rings. The molecule has 1 aliphatic heterocycles. The fourth-order valence-corrected chi connectivity index (χ4v) is 3.17. The van der Waals surface area contributed by atoms with Gasteiger partial charge in [-0.3, -0.25) is 0 Å². The van der Waals surface area contributed by atoms with Crippen LogP contribution >= 0.6 is 0 Å². The van der Waals surface area contributed by atoms with E-state index < -0.39 is 0 Å². The molecule has 0 spiro atoms. The van der Waals surface area contributed by atoms with Crippen molar-refractivity contribution in [1.82, 2.24) is 19.6 Å². The van der Waals surface area contributed by atoms with E-state index in [0.717, 1.165) is 33.6 Å². The van der Waals surface area contributed by atoms with Crippen LogP contribution in [0.1, 0.15) is 5.56 Å². The zero-order chi connectivity index (χ0) is 18.2. The SMILES string of the molecule is Cc1cccc(N(CC2=COCO2)c2nc3c4ccccc4ncn3n2)c1. The molecule has 7 heteroatoms. The van der Waals surface area contributed by atoms with Crippen molar-refractivity contribution < 1.29 is 9.47 Å². The van der Waals surface area contributed by atoms with Crippen LogP contribution in [0, 0.1) is 6.92 Å². The van der Waals surface area contributed by atoms with Crippen molar-refractivity contribution in [1.29, 1.82) is 0 Å². The molecule has 27 heavy (non-hydrogen) atoms. The third-order valence-corrected chi connectivity index (χ3v) is 4.47. The molecule has 0 amide bonds. The highest BCUT2D eigenvalue weighted by atomic mass is 16.7. The normalized spacial score (nSPS) is 13.4. The molecular weight excluding hydrogens is 342 g/mol. The number of para-hydroxylation sites is 1. The van der Waals surface area contributed by atoms with Crippen LogP contribution in [0.25, 0.3) is 16.6 Å². The van der Waals surface area contributed by atoms with Gasteiger partial charge < -0.3 is 14.4 Å². The van der Waals surface area contributed by atoms with E-state index in [9.17, 15) is 0 Å². The van der Waals surface area contributed by atoms with Crippen LogP contribution in [0.2, 0.25) is 0 Å². The topological polar surface area (TPSA) is 64.8 Å². The predicted octanol–water partition coefficient (Wildman–Crippen LogP) is 3.57. The molecule has 3 heterocycles. The van der Waals surface area contributed by atoms with Gasteiger partial charge in [0, 0.05) is 11.1 Å². The maximum atomic E-state index is 5.52. The second kappa shape index (κ2) is 6.28. The Morgan fingerprint density at radius 2 is 2.07 bits per heavy atom. The minimum atomic E-state index is 0.240. The van der Waals surface area contributed by atoms with E-state index in [1.807, 2.05) is 41.3 Å². The molecule has 0 fully saturated rings. The minimum Gasteiger partial charge on any atom is -0.462 e. The van der Waals surface area contributed by atoms with Crippen molar-refractivity contribution in [2.24, 2.45) is 0 Å². The van der Waals surface area contributed by atoms with Crippen molar-refractivity contribution in [2.45, 2.75) is 6.92 Å². The molecule has 2 aromatic carbocycles. The van der Waals surface area contributed by atoms with Gasteiger partial charge in [0.2, 0.25) is 6.79 Å². The van der Waals surface area contributed by atoms with Gasteiger partial charge in [0.15, 0.2) is 11.4 Å². The molecule has 0 unspecified atom stereocenters. The number of aryl methyl sites for hydroxylation is 1. The zero-order valence-corrected chi connectivity index (χ0v) is 14.7. The Morgan fingerprint density at radius 3 is 2.93 bits per heavy atom.